The zero-order chi connectivity index (χ0) is 13.3. The molecule has 0 unspecified atom stereocenters. The van der Waals surface area contributed by atoms with Crippen molar-refractivity contribution in [1.82, 2.24) is 4.90 Å². The third-order valence-corrected chi connectivity index (χ3v) is 3.86. The van der Waals surface area contributed by atoms with E-state index in [1.54, 1.807) is 0 Å². The van der Waals surface area contributed by atoms with Crippen LogP contribution in [0.1, 0.15) is 25.7 Å². The van der Waals surface area contributed by atoms with Crippen LogP contribution in [0.2, 0.25) is 0 Å². The number of nitrogens with zero attached hydrogens (tertiary/aromatic N) is 2. The molecule has 1 aliphatic heterocycles. The minimum absolute atomic E-state index is 0.0930. The maximum Gasteiger partial charge on any atom is 0.0822 e. The van der Waals surface area contributed by atoms with Crippen LogP contribution in [0.3, 0.4) is 0 Å². The number of rotatable bonds is 7. The highest BCUT2D eigenvalue weighted by Crippen LogP contribution is 2.15. The smallest absolute Gasteiger partial charge is 0.0822 e. The first-order valence-electron chi connectivity index (χ1n) is 7.50. The molecule has 1 heterocycles. The van der Waals surface area contributed by atoms with Crippen LogP contribution in [-0.2, 0) is 5.11 Å². The maximum atomic E-state index is 10.3. The van der Waals surface area contributed by atoms with Crippen LogP contribution in [0.25, 0.3) is 0 Å². The number of benzene rings is 1. The molecule has 0 N–H and O–H groups in total. The number of anilines is 1. The van der Waals surface area contributed by atoms with Crippen molar-refractivity contribution in [2.75, 3.05) is 44.2 Å². The quantitative estimate of drug-likeness (QED) is 0.706. The molecule has 1 aliphatic rings. The highest BCUT2D eigenvalue weighted by atomic mass is 16.2. The molecule has 2 rings (SSSR count). The lowest BCUT2D eigenvalue weighted by Crippen LogP contribution is -2.46. The first-order valence-corrected chi connectivity index (χ1v) is 7.50. The van der Waals surface area contributed by atoms with E-state index in [1.807, 2.05) is 0 Å². The van der Waals surface area contributed by atoms with E-state index in [9.17, 15) is 5.11 Å². The van der Waals surface area contributed by atoms with E-state index in [4.69, 9.17) is 0 Å². The van der Waals surface area contributed by atoms with Crippen molar-refractivity contribution in [3.63, 3.8) is 0 Å². The molecule has 1 aromatic rings. The summed E-state index contributed by atoms with van der Waals surface area (Å²) in [6, 6.07) is 10.7. The number of unbranched alkanes of at least 4 members (excludes halogenated alkanes) is 3. The van der Waals surface area contributed by atoms with Crippen LogP contribution in [0, 0.1) is 0 Å². The Hall–Kier alpha value is -1.06. The van der Waals surface area contributed by atoms with Gasteiger partial charge in [-0.25, -0.2) is 5.11 Å². The van der Waals surface area contributed by atoms with Gasteiger partial charge in [-0.15, -0.1) is 0 Å². The van der Waals surface area contributed by atoms with Gasteiger partial charge in [0.15, 0.2) is 0 Å². The molecule has 1 aromatic carbocycles. The first kappa shape index (κ1) is 14.4. The third-order valence-electron chi connectivity index (χ3n) is 3.86. The van der Waals surface area contributed by atoms with E-state index in [-0.39, 0.29) is 6.61 Å². The van der Waals surface area contributed by atoms with Gasteiger partial charge in [0.05, 0.1) is 6.61 Å². The first-order chi connectivity index (χ1) is 9.40. The molecule has 1 fully saturated rings. The van der Waals surface area contributed by atoms with Gasteiger partial charge >= 0.3 is 0 Å². The maximum absolute atomic E-state index is 10.3. The van der Waals surface area contributed by atoms with Gasteiger partial charge in [0.2, 0.25) is 0 Å². The second kappa shape index (κ2) is 8.18. The fraction of sp³-hybridized carbons (Fsp3) is 0.625. The van der Waals surface area contributed by atoms with E-state index in [0.29, 0.717) is 0 Å². The van der Waals surface area contributed by atoms with Crippen molar-refractivity contribution in [3.8, 4) is 0 Å². The predicted octanol–water partition coefficient (Wildman–Crippen LogP) is 2.80. The zero-order valence-corrected chi connectivity index (χ0v) is 11.8. The number of piperazine rings is 1. The number of para-hydroxylation sites is 1. The summed E-state index contributed by atoms with van der Waals surface area (Å²) in [5, 5.41) is 10.3. The Kier molecular flexibility index (Phi) is 6.18. The van der Waals surface area contributed by atoms with E-state index in [1.165, 1.54) is 25.1 Å². The average Bonchev–Trinajstić information content (AvgIpc) is 2.49. The summed E-state index contributed by atoms with van der Waals surface area (Å²) in [4.78, 5) is 5.02. The van der Waals surface area contributed by atoms with Gasteiger partial charge < -0.3 is 4.90 Å². The highest BCUT2D eigenvalue weighted by molar-refractivity contribution is 5.46. The fourth-order valence-electron chi connectivity index (χ4n) is 2.66. The van der Waals surface area contributed by atoms with Gasteiger partial charge in [-0.05, 0) is 31.5 Å². The van der Waals surface area contributed by atoms with Crippen LogP contribution in [0.5, 0.6) is 0 Å². The lowest BCUT2D eigenvalue weighted by atomic mass is 10.2. The monoisotopic (exact) mass is 261 g/mol. The van der Waals surface area contributed by atoms with E-state index in [0.717, 1.165) is 39.0 Å². The second-order valence-corrected chi connectivity index (χ2v) is 5.28. The van der Waals surface area contributed by atoms with E-state index >= 15 is 0 Å². The standard InChI is InChI=1S/C16H25N2O/c19-15-7-2-1-6-10-17-11-13-18(14-12-17)16-8-4-3-5-9-16/h3-5,8-9H,1-2,6-7,10-15H2. The van der Waals surface area contributed by atoms with Gasteiger partial charge in [-0.3, -0.25) is 4.90 Å². The summed E-state index contributed by atoms with van der Waals surface area (Å²) in [6.07, 6.45) is 4.40. The topological polar surface area (TPSA) is 26.4 Å². The summed E-state index contributed by atoms with van der Waals surface area (Å²) in [7, 11) is 0. The van der Waals surface area contributed by atoms with Crippen molar-refractivity contribution in [2.24, 2.45) is 0 Å². The molecule has 3 heteroatoms. The van der Waals surface area contributed by atoms with Crippen LogP contribution in [0.15, 0.2) is 30.3 Å². The molecule has 105 valence electrons. The molecular weight excluding hydrogens is 236 g/mol. The van der Waals surface area contributed by atoms with Gasteiger partial charge in [0.1, 0.15) is 0 Å². The van der Waals surface area contributed by atoms with Crippen LogP contribution in [0.4, 0.5) is 5.69 Å². The Morgan fingerprint density at radius 3 is 2.21 bits per heavy atom. The summed E-state index contributed by atoms with van der Waals surface area (Å²) in [5.41, 5.74) is 1.34. The number of hydrogen-bond acceptors (Lipinski definition) is 2. The molecule has 0 aliphatic carbocycles. The number of hydrogen-bond donors (Lipinski definition) is 0. The minimum atomic E-state index is 0.0930. The molecule has 0 spiro atoms. The van der Waals surface area contributed by atoms with Crippen LogP contribution in [-0.4, -0.2) is 44.2 Å². The van der Waals surface area contributed by atoms with Gasteiger partial charge in [0, 0.05) is 31.9 Å². The third kappa shape index (κ3) is 4.84. The predicted molar refractivity (Wildman–Crippen MR) is 79.1 cm³/mol. The summed E-state index contributed by atoms with van der Waals surface area (Å²) >= 11 is 0. The Labute approximate surface area is 116 Å². The minimum Gasteiger partial charge on any atom is -0.369 e. The molecule has 0 amide bonds. The van der Waals surface area contributed by atoms with E-state index < -0.39 is 0 Å². The largest absolute Gasteiger partial charge is 0.369 e. The van der Waals surface area contributed by atoms with Gasteiger partial charge in [0.25, 0.3) is 0 Å². The molecule has 0 bridgehead atoms. The molecule has 0 saturated carbocycles. The summed E-state index contributed by atoms with van der Waals surface area (Å²) in [5.74, 6) is 0. The van der Waals surface area contributed by atoms with Crippen molar-refractivity contribution >= 4 is 5.69 Å². The second-order valence-electron chi connectivity index (χ2n) is 5.28. The van der Waals surface area contributed by atoms with Crippen molar-refractivity contribution in [2.45, 2.75) is 25.7 Å². The van der Waals surface area contributed by atoms with Gasteiger partial charge in [-0.2, -0.15) is 0 Å². The Morgan fingerprint density at radius 2 is 1.53 bits per heavy atom. The van der Waals surface area contributed by atoms with Crippen molar-refractivity contribution in [1.29, 1.82) is 0 Å². The van der Waals surface area contributed by atoms with Crippen molar-refractivity contribution in [3.05, 3.63) is 30.3 Å². The van der Waals surface area contributed by atoms with Crippen LogP contribution < -0.4 is 4.90 Å². The molecule has 19 heavy (non-hydrogen) atoms. The van der Waals surface area contributed by atoms with Gasteiger partial charge in [-0.1, -0.05) is 31.0 Å². The summed E-state index contributed by atoms with van der Waals surface area (Å²) in [6.45, 7) is 5.87. The Balaban J connectivity index is 1.63. The normalized spacial score (nSPS) is 16.8. The Morgan fingerprint density at radius 1 is 0.842 bits per heavy atom. The molecular formula is C16H25N2O. The average molecular weight is 261 g/mol. The Bertz CT molecular complexity index is 334. The van der Waals surface area contributed by atoms with Crippen LogP contribution >= 0.6 is 0 Å². The molecule has 1 saturated heterocycles. The molecule has 3 nitrogen and oxygen atoms in total. The molecule has 1 radical (unpaired) electrons. The zero-order valence-electron chi connectivity index (χ0n) is 11.8. The molecule has 0 aromatic heterocycles. The lowest BCUT2D eigenvalue weighted by Gasteiger charge is -2.36. The fourth-order valence-corrected chi connectivity index (χ4v) is 2.66. The lowest BCUT2D eigenvalue weighted by molar-refractivity contribution is 0.184. The summed E-state index contributed by atoms with van der Waals surface area (Å²) < 4.78 is 0. The van der Waals surface area contributed by atoms with Crippen molar-refractivity contribution < 1.29 is 5.11 Å². The SMILES string of the molecule is [O]CCCCCCN1CCN(c2ccccc2)CC1. The highest BCUT2D eigenvalue weighted by Gasteiger charge is 2.16. The molecule has 0 atom stereocenters. The van der Waals surface area contributed by atoms with E-state index in [2.05, 4.69) is 40.1 Å².